The van der Waals surface area contributed by atoms with Crippen LogP contribution in [0.3, 0.4) is 0 Å². The van der Waals surface area contributed by atoms with E-state index in [-0.39, 0.29) is 11.6 Å². The molecule has 0 fully saturated rings. The summed E-state index contributed by atoms with van der Waals surface area (Å²) in [6.07, 6.45) is 1.61. The molecule has 0 bridgehead atoms. The number of nitrogens with zero attached hydrogens (tertiary/aromatic N) is 1. The zero-order valence-electron chi connectivity index (χ0n) is 11.3. The second-order valence-electron chi connectivity index (χ2n) is 4.65. The minimum absolute atomic E-state index is 0.172. The predicted molar refractivity (Wildman–Crippen MR) is 68.9 cm³/mol. The Morgan fingerprint density at radius 3 is 2.06 bits per heavy atom. The minimum atomic E-state index is -3.12. The molecule has 0 unspecified atom stereocenters. The van der Waals surface area contributed by atoms with Gasteiger partial charge in [-0.25, -0.2) is 0 Å². The Kier molecular flexibility index (Phi) is 6.70. The molecule has 0 saturated carbocycles. The van der Waals surface area contributed by atoms with Gasteiger partial charge in [0.25, 0.3) is 0 Å². The van der Waals surface area contributed by atoms with Gasteiger partial charge in [-0.3, -0.25) is 4.57 Å². The summed E-state index contributed by atoms with van der Waals surface area (Å²) < 4.78 is 22.8. The van der Waals surface area contributed by atoms with E-state index in [2.05, 4.69) is 0 Å². The van der Waals surface area contributed by atoms with Gasteiger partial charge in [0.2, 0.25) is 0 Å². The van der Waals surface area contributed by atoms with Gasteiger partial charge in [-0.05, 0) is 24.8 Å². The van der Waals surface area contributed by atoms with Gasteiger partial charge in [-0.2, -0.15) is 5.26 Å². The minimum Gasteiger partial charge on any atom is -0.309 e. The van der Waals surface area contributed by atoms with Crippen molar-refractivity contribution in [3.63, 3.8) is 0 Å². The second-order valence-corrected chi connectivity index (χ2v) is 6.71. The molecule has 0 amide bonds. The van der Waals surface area contributed by atoms with Crippen molar-refractivity contribution in [2.75, 3.05) is 19.4 Å². The number of nitriles is 1. The lowest BCUT2D eigenvalue weighted by atomic mass is 9.87. The Morgan fingerprint density at radius 1 is 1.29 bits per heavy atom. The summed E-state index contributed by atoms with van der Waals surface area (Å²) in [5, 5.41) is 8.76. The Hall–Kier alpha value is -0.620. The summed E-state index contributed by atoms with van der Waals surface area (Å²) >= 11 is 0. The molecule has 98 valence electrons. The molecule has 0 aromatic carbocycles. The molecule has 0 aliphatic heterocycles. The SMILES string of the molecule is CCOP(=O)(C/C(=C\C#N)C(C)(C)C)OCC. The van der Waals surface area contributed by atoms with E-state index in [4.69, 9.17) is 14.3 Å². The van der Waals surface area contributed by atoms with Crippen molar-refractivity contribution in [1.29, 1.82) is 5.26 Å². The van der Waals surface area contributed by atoms with E-state index < -0.39 is 7.60 Å². The highest BCUT2D eigenvalue weighted by atomic mass is 31.2. The quantitative estimate of drug-likeness (QED) is 0.538. The van der Waals surface area contributed by atoms with Crippen molar-refractivity contribution < 1.29 is 13.6 Å². The van der Waals surface area contributed by atoms with Crippen LogP contribution in [0.1, 0.15) is 34.6 Å². The first-order valence-electron chi connectivity index (χ1n) is 5.76. The summed E-state index contributed by atoms with van der Waals surface area (Å²) in [6.45, 7) is 10.1. The summed E-state index contributed by atoms with van der Waals surface area (Å²) in [7, 11) is -3.12. The first kappa shape index (κ1) is 16.4. The number of rotatable bonds is 6. The molecule has 0 heterocycles. The van der Waals surface area contributed by atoms with Gasteiger partial charge in [-0.1, -0.05) is 20.8 Å². The van der Waals surface area contributed by atoms with Crippen molar-refractivity contribution in [3.05, 3.63) is 11.6 Å². The lowest BCUT2D eigenvalue weighted by Gasteiger charge is -2.26. The molecule has 0 radical (unpaired) electrons. The van der Waals surface area contributed by atoms with E-state index in [0.717, 1.165) is 5.57 Å². The molecule has 0 aliphatic carbocycles. The van der Waals surface area contributed by atoms with E-state index in [1.165, 1.54) is 6.08 Å². The van der Waals surface area contributed by atoms with E-state index in [1.807, 2.05) is 26.8 Å². The van der Waals surface area contributed by atoms with Crippen LogP contribution in [-0.2, 0) is 13.6 Å². The Labute approximate surface area is 104 Å². The first-order chi connectivity index (χ1) is 7.79. The maximum absolute atomic E-state index is 12.4. The third-order valence-electron chi connectivity index (χ3n) is 2.22. The molecule has 0 spiro atoms. The average Bonchev–Trinajstić information content (AvgIpc) is 2.16. The molecular formula is C12H22NO3P. The van der Waals surface area contributed by atoms with Crippen molar-refractivity contribution in [3.8, 4) is 6.07 Å². The molecule has 0 aromatic rings. The molecule has 4 nitrogen and oxygen atoms in total. The molecule has 0 aromatic heterocycles. The van der Waals surface area contributed by atoms with Gasteiger partial charge in [0.1, 0.15) is 0 Å². The lowest BCUT2D eigenvalue weighted by molar-refractivity contribution is 0.220. The Morgan fingerprint density at radius 2 is 1.76 bits per heavy atom. The zero-order chi connectivity index (χ0) is 13.5. The molecule has 17 heavy (non-hydrogen) atoms. The maximum atomic E-state index is 12.4. The number of hydrogen-bond donors (Lipinski definition) is 0. The van der Waals surface area contributed by atoms with Crippen molar-refractivity contribution in [2.24, 2.45) is 5.41 Å². The van der Waals surface area contributed by atoms with Gasteiger partial charge >= 0.3 is 7.60 Å². The zero-order valence-corrected chi connectivity index (χ0v) is 12.2. The van der Waals surface area contributed by atoms with Crippen LogP contribution in [-0.4, -0.2) is 19.4 Å². The summed E-state index contributed by atoms with van der Waals surface area (Å²) in [4.78, 5) is 0. The lowest BCUT2D eigenvalue weighted by Crippen LogP contribution is -2.15. The fraction of sp³-hybridized carbons (Fsp3) is 0.750. The van der Waals surface area contributed by atoms with Gasteiger partial charge in [0, 0.05) is 6.08 Å². The molecule has 0 saturated heterocycles. The van der Waals surface area contributed by atoms with Gasteiger partial charge < -0.3 is 9.05 Å². The monoisotopic (exact) mass is 259 g/mol. The maximum Gasteiger partial charge on any atom is 0.334 e. The molecular weight excluding hydrogens is 237 g/mol. The molecule has 0 atom stereocenters. The highest BCUT2D eigenvalue weighted by Crippen LogP contribution is 2.51. The van der Waals surface area contributed by atoms with E-state index in [9.17, 15) is 4.57 Å². The standard InChI is InChI=1S/C12H22NO3P/c1-6-15-17(14,16-7-2)10-11(8-9-13)12(3,4)5/h8H,6-7,10H2,1-5H3/b11-8+. The largest absolute Gasteiger partial charge is 0.334 e. The van der Waals surface area contributed by atoms with E-state index in [0.29, 0.717) is 13.2 Å². The molecule has 0 N–H and O–H groups in total. The van der Waals surface area contributed by atoms with Crippen LogP contribution in [0.4, 0.5) is 0 Å². The highest BCUT2D eigenvalue weighted by molar-refractivity contribution is 7.54. The highest BCUT2D eigenvalue weighted by Gasteiger charge is 2.30. The van der Waals surface area contributed by atoms with Crippen LogP contribution in [0.2, 0.25) is 0 Å². The number of hydrogen-bond acceptors (Lipinski definition) is 4. The molecule has 5 heteroatoms. The normalized spacial score (nSPS) is 13.5. The van der Waals surface area contributed by atoms with Crippen molar-refractivity contribution >= 4 is 7.60 Å². The molecule has 0 aliphatic rings. The van der Waals surface area contributed by atoms with E-state index >= 15 is 0 Å². The van der Waals surface area contributed by atoms with E-state index in [1.54, 1.807) is 13.8 Å². The van der Waals surface area contributed by atoms with Gasteiger partial charge in [0.15, 0.2) is 0 Å². The average molecular weight is 259 g/mol. The van der Waals surface area contributed by atoms with Crippen LogP contribution in [0.5, 0.6) is 0 Å². The predicted octanol–water partition coefficient (Wildman–Crippen LogP) is 3.75. The second kappa shape index (κ2) is 6.96. The van der Waals surface area contributed by atoms with Crippen LogP contribution >= 0.6 is 7.60 Å². The van der Waals surface area contributed by atoms with Crippen molar-refractivity contribution in [1.82, 2.24) is 0 Å². The van der Waals surface area contributed by atoms with Crippen molar-refractivity contribution in [2.45, 2.75) is 34.6 Å². The summed E-state index contributed by atoms with van der Waals surface area (Å²) in [6, 6.07) is 1.99. The Bertz CT molecular complexity index is 340. The third-order valence-corrected chi connectivity index (χ3v) is 4.25. The van der Waals surface area contributed by atoms with Crippen LogP contribution in [0.25, 0.3) is 0 Å². The fourth-order valence-corrected chi connectivity index (χ4v) is 3.33. The topological polar surface area (TPSA) is 59.3 Å². The van der Waals surface area contributed by atoms with Crippen LogP contribution in [0, 0.1) is 16.7 Å². The van der Waals surface area contributed by atoms with Gasteiger partial charge in [0.05, 0.1) is 25.4 Å². The smallest absolute Gasteiger partial charge is 0.309 e. The fourth-order valence-electron chi connectivity index (χ4n) is 1.31. The number of allylic oxidation sites excluding steroid dienone is 2. The molecule has 0 rings (SSSR count). The summed E-state index contributed by atoms with van der Waals surface area (Å²) in [5.74, 6) is 0. The first-order valence-corrected chi connectivity index (χ1v) is 7.49. The Balaban J connectivity index is 5.03. The van der Waals surface area contributed by atoms with Crippen LogP contribution in [0.15, 0.2) is 11.6 Å². The third kappa shape index (κ3) is 6.02. The van der Waals surface area contributed by atoms with Gasteiger partial charge in [-0.15, -0.1) is 0 Å². The summed E-state index contributed by atoms with van der Waals surface area (Å²) in [5.41, 5.74) is 0.560. The van der Waals surface area contributed by atoms with Crippen LogP contribution < -0.4 is 0 Å².